The molecule has 0 N–H and O–H groups in total. The number of rotatable bonds is 8. The van der Waals surface area contributed by atoms with Crippen molar-refractivity contribution in [1.82, 2.24) is 4.57 Å². The molecule has 0 saturated carbocycles. The van der Waals surface area contributed by atoms with Gasteiger partial charge in [-0.15, -0.1) is 0 Å². The Kier molecular flexibility index (Phi) is 14.4. The predicted molar refractivity (Wildman–Crippen MR) is 393 cm³/mol. The number of aromatic nitrogens is 1. The molecule has 0 amide bonds. The van der Waals surface area contributed by atoms with Gasteiger partial charge in [-0.2, -0.15) is 0 Å². The third-order valence-corrected chi connectivity index (χ3v) is 19.3. The van der Waals surface area contributed by atoms with Crippen LogP contribution in [0.5, 0.6) is 0 Å². The van der Waals surface area contributed by atoms with Crippen LogP contribution in [0.2, 0.25) is 0 Å². The van der Waals surface area contributed by atoms with E-state index in [1.165, 1.54) is 138 Å². The Labute approximate surface area is 536 Å². The lowest BCUT2D eigenvalue weighted by molar-refractivity contribution is 0.568. The Morgan fingerprint density at radius 1 is 0.244 bits per heavy atom. The highest BCUT2D eigenvalue weighted by atomic mass is 15.1. The van der Waals surface area contributed by atoms with E-state index in [1.807, 2.05) is 0 Å². The summed E-state index contributed by atoms with van der Waals surface area (Å²) in [7, 11) is 0. The standard InChI is InChI=1S/C88H90N2/c1-83(2,3)65-34-44-79-75(53-65)76-54-66(84(4,5)6)35-45-80(76)90(79)78-43-33-60-30-40-73-77(42-32-59-31-41-74(78)82(60)81(59)73)89(71-36-26-56(27-37-71)55-22-24-58(25-23-55)63-47-67(85(7,8)9)51-68(48-63)86(10,11)12)72-38-28-57(29-39-72)61-20-19-21-62(46-61)64-49-69(87(13,14)15)52-70(50-64)88(16,17)18/h19-54H,1-18H3. The molecule has 2 nitrogen and oxygen atoms in total. The van der Waals surface area contributed by atoms with E-state index in [1.54, 1.807) is 0 Å². The predicted octanol–water partition coefficient (Wildman–Crippen LogP) is 25.6. The molecule has 2 heteroatoms. The molecule has 0 aliphatic heterocycles. The lowest BCUT2D eigenvalue weighted by atomic mass is 9.79. The summed E-state index contributed by atoms with van der Waals surface area (Å²) in [5.41, 5.74) is 25.0. The number of anilines is 3. The number of nitrogens with zero attached hydrogens (tertiary/aromatic N) is 2. The average Bonchev–Trinajstić information content (AvgIpc) is 1.64. The summed E-state index contributed by atoms with van der Waals surface area (Å²) in [5, 5.41) is 10.1. The molecule has 0 bridgehead atoms. The third-order valence-electron chi connectivity index (χ3n) is 19.3. The molecule has 0 atom stereocenters. The van der Waals surface area contributed by atoms with Gasteiger partial charge >= 0.3 is 0 Å². The van der Waals surface area contributed by atoms with E-state index < -0.39 is 0 Å². The Hall–Kier alpha value is -8.72. The second-order valence-corrected chi connectivity index (χ2v) is 32.1. The van der Waals surface area contributed by atoms with E-state index in [0.29, 0.717) is 0 Å². The summed E-state index contributed by atoms with van der Waals surface area (Å²) in [6, 6.07) is 84.4. The summed E-state index contributed by atoms with van der Waals surface area (Å²) in [4.78, 5) is 2.48. The van der Waals surface area contributed by atoms with Crippen molar-refractivity contribution in [2.24, 2.45) is 0 Å². The maximum absolute atomic E-state index is 2.54. The normalized spacial score (nSPS) is 13.0. The monoisotopic (exact) mass is 1170 g/mol. The summed E-state index contributed by atoms with van der Waals surface area (Å²) < 4.78 is 2.54. The van der Waals surface area contributed by atoms with Crippen molar-refractivity contribution in [3.63, 3.8) is 0 Å². The van der Waals surface area contributed by atoms with Gasteiger partial charge in [-0.3, -0.25) is 0 Å². The van der Waals surface area contributed by atoms with Crippen LogP contribution in [0.15, 0.2) is 218 Å². The van der Waals surface area contributed by atoms with E-state index in [-0.39, 0.29) is 32.5 Å². The molecule has 13 rings (SSSR count). The van der Waals surface area contributed by atoms with Gasteiger partial charge < -0.3 is 9.47 Å². The molecule has 12 aromatic carbocycles. The second-order valence-electron chi connectivity index (χ2n) is 32.1. The van der Waals surface area contributed by atoms with Crippen molar-refractivity contribution < 1.29 is 0 Å². The fourth-order valence-electron chi connectivity index (χ4n) is 13.5. The zero-order valence-electron chi connectivity index (χ0n) is 56.7. The molecule has 13 aromatic rings. The van der Waals surface area contributed by atoms with Gasteiger partial charge in [0.1, 0.15) is 0 Å². The number of hydrogen-bond acceptors (Lipinski definition) is 1. The van der Waals surface area contributed by atoms with E-state index in [9.17, 15) is 0 Å². The first-order chi connectivity index (χ1) is 42.4. The first kappa shape index (κ1) is 60.2. The molecule has 0 unspecified atom stereocenters. The quantitative estimate of drug-likeness (QED) is 0.138. The number of fused-ring (bicyclic) bond motifs is 3. The van der Waals surface area contributed by atoms with E-state index >= 15 is 0 Å². The van der Waals surface area contributed by atoms with Crippen molar-refractivity contribution in [1.29, 1.82) is 0 Å². The zero-order chi connectivity index (χ0) is 63.8. The molecule has 0 aliphatic carbocycles. The summed E-state index contributed by atoms with van der Waals surface area (Å²) in [5.74, 6) is 0. The topological polar surface area (TPSA) is 8.17 Å². The van der Waals surface area contributed by atoms with Gasteiger partial charge in [0.15, 0.2) is 0 Å². The fraction of sp³-hybridized carbons (Fsp3) is 0.273. The minimum Gasteiger partial charge on any atom is -0.310 e. The van der Waals surface area contributed by atoms with Crippen LogP contribution < -0.4 is 4.90 Å². The Bertz CT molecular complexity index is 4750. The molecule has 0 radical (unpaired) electrons. The molecular formula is C88H90N2. The van der Waals surface area contributed by atoms with E-state index in [2.05, 4.69) is 352 Å². The first-order valence-corrected chi connectivity index (χ1v) is 32.7. The van der Waals surface area contributed by atoms with Gasteiger partial charge in [0.2, 0.25) is 0 Å². The van der Waals surface area contributed by atoms with E-state index in [4.69, 9.17) is 0 Å². The highest BCUT2D eigenvalue weighted by Gasteiger charge is 2.27. The van der Waals surface area contributed by atoms with Gasteiger partial charge in [-0.1, -0.05) is 276 Å². The van der Waals surface area contributed by atoms with Crippen molar-refractivity contribution >= 4 is 71.2 Å². The van der Waals surface area contributed by atoms with Crippen molar-refractivity contribution in [2.45, 2.75) is 157 Å². The Balaban J connectivity index is 0.946. The minimum absolute atomic E-state index is 0.0129. The second kappa shape index (κ2) is 21.5. The summed E-state index contributed by atoms with van der Waals surface area (Å²) in [6.45, 7) is 41.7. The molecular weight excluding hydrogens is 1080 g/mol. The highest BCUT2D eigenvalue weighted by Crippen LogP contribution is 2.48. The maximum atomic E-state index is 2.54. The largest absolute Gasteiger partial charge is 0.310 e. The SMILES string of the molecule is CC(C)(C)c1cc(-c2ccc(-c3ccc(N(c4ccc(-c5cccc(-c6cc(C(C)(C)C)cc(C(C)(C)C)c6)c5)cc4)c4ccc5ccc6c(-n7c8ccc(C(C)(C)C)cc8c8cc(C(C)(C)C)ccc87)ccc7ccc4c5c76)cc3)cc2)cc(C(C)(C)C)c1. The Morgan fingerprint density at radius 2 is 0.589 bits per heavy atom. The van der Waals surface area contributed by atoms with Crippen LogP contribution >= 0.6 is 0 Å². The van der Waals surface area contributed by atoms with Crippen LogP contribution in [0.4, 0.5) is 17.1 Å². The highest BCUT2D eigenvalue weighted by molar-refractivity contribution is 6.27. The van der Waals surface area contributed by atoms with Gasteiger partial charge in [-0.25, -0.2) is 0 Å². The molecule has 0 fully saturated rings. The van der Waals surface area contributed by atoms with Crippen LogP contribution in [0.3, 0.4) is 0 Å². The van der Waals surface area contributed by atoms with Gasteiger partial charge in [0.05, 0.1) is 22.4 Å². The summed E-state index contributed by atoms with van der Waals surface area (Å²) in [6.07, 6.45) is 0. The van der Waals surface area contributed by atoms with Crippen LogP contribution in [-0.4, -0.2) is 4.57 Å². The molecule has 1 aromatic heterocycles. The lowest BCUT2D eigenvalue weighted by Crippen LogP contribution is -2.16. The first-order valence-electron chi connectivity index (χ1n) is 32.7. The van der Waals surface area contributed by atoms with Crippen molar-refractivity contribution in [3.8, 4) is 50.2 Å². The van der Waals surface area contributed by atoms with Gasteiger partial charge in [0.25, 0.3) is 0 Å². The number of hydrogen-bond donors (Lipinski definition) is 0. The van der Waals surface area contributed by atoms with Crippen molar-refractivity contribution in [2.75, 3.05) is 4.90 Å². The molecule has 1 heterocycles. The van der Waals surface area contributed by atoms with Gasteiger partial charge in [0, 0.05) is 32.9 Å². The molecule has 0 saturated heterocycles. The zero-order valence-corrected chi connectivity index (χ0v) is 56.7. The molecule has 0 aliphatic rings. The van der Waals surface area contributed by atoms with E-state index in [0.717, 1.165) is 17.1 Å². The fourth-order valence-corrected chi connectivity index (χ4v) is 13.5. The van der Waals surface area contributed by atoms with Crippen LogP contribution in [0.25, 0.3) is 104 Å². The van der Waals surface area contributed by atoms with Crippen molar-refractivity contribution in [3.05, 3.63) is 252 Å². The molecule has 452 valence electrons. The molecule has 0 spiro atoms. The van der Waals surface area contributed by atoms with Crippen LogP contribution in [-0.2, 0) is 32.5 Å². The third kappa shape index (κ3) is 11.1. The smallest absolute Gasteiger partial charge is 0.0541 e. The van der Waals surface area contributed by atoms with Crippen LogP contribution in [0, 0.1) is 0 Å². The molecule has 90 heavy (non-hydrogen) atoms. The van der Waals surface area contributed by atoms with Crippen LogP contribution in [0.1, 0.15) is 158 Å². The summed E-state index contributed by atoms with van der Waals surface area (Å²) >= 11 is 0. The lowest BCUT2D eigenvalue weighted by Gasteiger charge is -2.28. The van der Waals surface area contributed by atoms with Gasteiger partial charge in [-0.05, 0) is 199 Å². The maximum Gasteiger partial charge on any atom is 0.0541 e. The average molecular weight is 1180 g/mol. The minimum atomic E-state index is 0.0129. The number of benzene rings is 12. The Morgan fingerprint density at radius 3 is 1.02 bits per heavy atom.